The molecule has 196 valence electrons. The standard InChI is InChI=1S/C26H34IN3O5S/c1-34-24-18-20(8-9-23(24)35-22-12-16-30(17-13-22)36(2,32)33)26(31)28-21-10-14-29(15-11-21)25(27)19-6-4-3-5-7-19/h3-9,18,21-22,25H,10-17H2,1-2H3,(H,28,31). The van der Waals surface area contributed by atoms with Crippen LogP contribution in [-0.2, 0) is 10.0 Å². The SMILES string of the molecule is COc1cc(C(=O)NC2CCN(C(I)c3ccccc3)CC2)ccc1OC1CCN(S(C)(=O)=O)CC1. The fraction of sp³-hybridized carbons (Fsp3) is 0.500. The molecule has 2 heterocycles. The minimum Gasteiger partial charge on any atom is -0.493 e. The molecule has 10 heteroatoms. The van der Waals surface area contributed by atoms with Crippen molar-refractivity contribution in [1.82, 2.24) is 14.5 Å². The summed E-state index contributed by atoms with van der Waals surface area (Å²) in [7, 11) is -1.62. The molecule has 36 heavy (non-hydrogen) atoms. The summed E-state index contributed by atoms with van der Waals surface area (Å²) in [6, 6.07) is 15.8. The summed E-state index contributed by atoms with van der Waals surface area (Å²) in [5.41, 5.74) is 1.83. The highest BCUT2D eigenvalue weighted by atomic mass is 127. The normalized spacial score (nSPS) is 19.5. The molecule has 4 rings (SSSR count). The van der Waals surface area contributed by atoms with Crippen molar-refractivity contribution in [3.05, 3.63) is 59.7 Å². The Bertz CT molecular complexity index is 1130. The number of nitrogens with one attached hydrogen (secondary N) is 1. The molecule has 0 aliphatic carbocycles. The van der Waals surface area contributed by atoms with Crippen LogP contribution in [-0.4, -0.2) is 75.2 Å². The largest absolute Gasteiger partial charge is 0.493 e. The predicted octanol–water partition coefficient (Wildman–Crippen LogP) is 3.83. The second-order valence-corrected chi connectivity index (χ2v) is 12.5. The van der Waals surface area contributed by atoms with E-state index in [1.54, 1.807) is 25.3 Å². The number of piperidine rings is 2. The number of nitrogens with zero attached hydrogens (tertiary/aromatic N) is 2. The molecule has 0 radical (unpaired) electrons. The number of carbonyl (C=O) groups is 1. The molecule has 1 amide bonds. The Labute approximate surface area is 227 Å². The van der Waals surface area contributed by atoms with E-state index in [0.717, 1.165) is 25.9 Å². The van der Waals surface area contributed by atoms with Crippen molar-refractivity contribution in [2.45, 2.75) is 41.9 Å². The number of amides is 1. The van der Waals surface area contributed by atoms with Gasteiger partial charge < -0.3 is 14.8 Å². The van der Waals surface area contributed by atoms with Crippen LogP contribution in [0.25, 0.3) is 0 Å². The Kier molecular flexibility index (Phi) is 9.13. The van der Waals surface area contributed by atoms with Gasteiger partial charge in [-0.05, 0) is 49.4 Å². The molecule has 8 nitrogen and oxygen atoms in total. The zero-order valence-electron chi connectivity index (χ0n) is 20.7. The molecule has 1 atom stereocenters. The Morgan fingerprint density at radius 2 is 1.67 bits per heavy atom. The molecule has 2 aromatic carbocycles. The average molecular weight is 628 g/mol. The van der Waals surface area contributed by atoms with Gasteiger partial charge in [-0.2, -0.15) is 0 Å². The molecular formula is C26H34IN3O5S. The van der Waals surface area contributed by atoms with Crippen molar-refractivity contribution in [1.29, 1.82) is 0 Å². The van der Waals surface area contributed by atoms with Crippen LogP contribution in [0.2, 0.25) is 0 Å². The number of rotatable bonds is 8. The van der Waals surface area contributed by atoms with Gasteiger partial charge in [0.25, 0.3) is 5.91 Å². The van der Waals surface area contributed by atoms with Gasteiger partial charge in [-0.15, -0.1) is 0 Å². The molecule has 2 aliphatic heterocycles. The first-order valence-electron chi connectivity index (χ1n) is 12.3. The van der Waals surface area contributed by atoms with Crippen LogP contribution >= 0.6 is 22.6 Å². The van der Waals surface area contributed by atoms with Gasteiger partial charge in [0.05, 0.1) is 17.4 Å². The summed E-state index contributed by atoms with van der Waals surface area (Å²) in [5.74, 6) is 0.946. The monoisotopic (exact) mass is 627 g/mol. The topological polar surface area (TPSA) is 88.2 Å². The highest BCUT2D eigenvalue weighted by molar-refractivity contribution is 14.1. The van der Waals surface area contributed by atoms with E-state index >= 15 is 0 Å². The third-order valence-electron chi connectivity index (χ3n) is 6.85. The maximum atomic E-state index is 13.0. The summed E-state index contributed by atoms with van der Waals surface area (Å²) in [6.45, 7) is 2.74. The Morgan fingerprint density at radius 1 is 1.00 bits per heavy atom. The number of ether oxygens (including phenoxy) is 2. The summed E-state index contributed by atoms with van der Waals surface area (Å²) in [6.07, 6.45) is 4.17. The average Bonchev–Trinajstić information content (AvgIpc) is 2.89. The zero-order valence-corrected chi connectivity index (χ0v) is 23.7. The first kappa shape index (κ1) is 27.2. The smallest absolute Gasteiger partial charge is 0.251 e. The van der Waals surface area contributed by atoms with Gasteiger partial charge in [0, 0.05) is 37.8 Å². The zero-order chi connectivity index (χ0) is 25.7. The molecule has 0 bridgehead atoms. The molecule has 1 N–H and O–H groups in total. The van der Waals surface area contributed by atoms with Gasteiger partial charge in [-0.3, -0.25) is 9.69 Å². The van der Waals surface area contributed by atoms with Crippen LogP contribution in [0.15, 0.2) is 48.5 Å². The number of benzene rings is 2. The molecule has 2 aliphatic rings. The van der Waals surface area contributed by atoms with E-state index < -0.39 is 10.0 Å². The minimum absolute atomic E-state index is 0.0978. The van der Waals surface area contributed by atoms with Crippen molar-refractivity contribution in [2.75, 3.05) is 39.5 Å². The third-order valence-corrected chi connectivity index (χ3v) is 9.66. The first-order valence-corrected chi connectivity index (χ1v) is 15.4. The van der Waals surface area contributed by atoms with Crippen LogP contribution in [0, 0.1) is 0 Å². The van der Waals surface area contributed by atoms with Gasteiger partial charge >= 0.3 is 0 Å². The molecule has 1 unspecified atom stereocenters. The van der Waals surface area contributed by atoms with E-state index in [9.17, 15) is 13.2 Å². The van der Waals surface area contributed by atoms with Crippen molar-refractivity contribution < 1.29 is 22.7 Å². The number of likely N-dealkylation sites (tertiary alicyclic amines) is 1. The third kappa shape index (κ3) is 6.90. The molecule has 2 saturated heterocycles. The predicted molar refractivity (Wildman–Crippen MR) is 148 cm³/mol. The Balaban J connectivity index is 1.29. The van der Waals surface area contributed by atoms with Crippen molar-refractivity contribution >= 4 is 38.5 Å². The lowest BCUT2D eigenvalue weighted by atomic mass is 10.0. The second-order valence-electron chi connectivity index (χ2n) is 9.38. The maximum Gasteiger partial charge on any atom is 0.251 e. The molecule has 2 aromatic rings. The molecule has 0 aromatic heterocycles. The van der Waals surface area contributed by atoms with E-state index in [0.29, 0.717) is 47.0 Å². The number of halogens is 1. The lowest BCUT2D eigenvalue weighted by Gasteiger charge is -2.35. The highest BCUT2D eigenvalue weighted by Gasteiger charge is 2.28. The Morgan fingerprint density at radius 3 is 2.28 bits per heavy atom. The molecular weight excluding hydrogens is 593 g/mol. The fourth-order valence-electron chi connectivity index (χ4n) is 4.73. The van der Waals surface area contributed by atoms with Crippen LogP contribution in [0.5, 0.6) is 11.5 Å². The van der Waals surface area contributed by atoms with Crippen LogP contribution < -0.4 is 14.8 Å². The molecule has 0 saturated carbocycles. The fourth-order valence-corrected chi connectivity index (χ4v) is 6.58. The number of alkyl halides is 1. The van der Waals surface area contributed by atoms with E-state index in [2.05, 4.69) is 57.1 Å². The summed E-state index contributed by atoms with van der Waals surface area (Å²) >= 11 is 2.49. The lowest BCUT2D eigenvalue weighted by Crippen LogP contribution is -2.44. The van der Waals surface area contributed by atoms with Gasteiger partial charge in [-0.25, -0.2) is 12.7 Å². The van der Waals surface area contributed by atoms with Crippen LogP contribution in [0.3, 0.4) is 0 Å². The van der Waals surface area contributed by atoms with E-state index in [1.807, 2.05) is 6.07 Å². The van der Waals surface area contributed by atoms with Crippen LogP contribution in [0.1, 0.15) is 45.7 Å². The number of carbonyl (C=O) groups excluding carboxylic acids is 1. The summed E-state index contributed by atoms with van der Waals surface area (Å²) in [4.78, 5) is 15.4. The molecule has 2 fully saturated rings. The highest BCUT2D eigenvalue weighted by Crippen LogP contribution is 2.32. The van der Waals surface area contributed by atoms with Crippen molar-refractivity contribution in [3.63, 3.8) is 0 Å². The van der Waals surface area contributed by atoms with Gasteiger partial charge in [0.15, 0.2) is 11.5 Å². The van der Waals surface area contributed by atoms with Crippen molar-refractivity contribution in [2.24, 2.45) is 0 Å². The quantitative estimate of drug-likeness (QED) is 0.272. The van der Waals surface area contributed by atoms with Crippen molar-refractivity contribution in [3.8, 4) is 11.5 Å². The summed E-state index contributed by atoms with van der Waals surface area (Å²) < 4.78 is 36.9. The van der Waals surface area contributed by atoms with Gasteiger partial charge in [0.2, 0.25) is 10.0 Å². The van der Waals surface area contributed by atoms with E-state index in [4.69, 9.17) is 9.47 Å². The van der Waals surface area contributed by atoms with E-state index in [1.165, 1.54) is 16.1 Å². The number of hydrogen-bond donors (Lipinski definition) is 1. The first-order chi connectivity index (χ1) is 17.2. The van der Waals surface area contributed by atoms with Gasteiger partial charge in [-0.1, -0.05) is 52.9 Å². The Hall–Kier alpha value is -1.89. The number of sulfonamides is 1. The minimum atomic E-state index is -3.18. The second kappa shape index (κ2) is 12.1. The summed E-state index contributed by atoms with van der Waals surface area (Å²) in [5, 5.41) is 3.18. The van der Waals surface area contributed by atoms with Gasteiger partial charge in [0.1, 0.15) is 6.10 Å². The lowest BCUT2D eigenvalue weighted by molar-refractivity contribution is 0.0909. The molecule has 0 spiro atoms. The number of methoxy groups -OCH3 is 1. The number of hydrogen-bond acceptors (Lipinski definition) is 6. The van der Waals surface area contributed by atoms with Crippen LogP contribution in [0.4, 0.5) is 0 Å². The van der Waals surface area contributed by atoms with E-state index in [-0.39, 0.29) is 18.1 Å². The maximum absolute atomic E-state index is 13.0.